The van der Waals surface area contributed by atoms with E-state index in [1.54, 1.807) is 0 Å². The third kappa shape index (κ3) is 5.45. The molecule has 2 aromatic rings. The van der Waals surface area contributed by atoms with E-state index < -0.39 is 13.8 Å². The van der Waals surface area contributed by atoms with Crippen molar-refractivity contribution < 1.29 is 22.9 Å². The van der Waals surface area contributed by atoms with E-state index in [4.69, 9.17) is 13.6 Å². The highest BCUT2D eigenvalue weighted by Crippen LogP contribution is 2.51. The first-order valence-electron chi connectivity index (χ1n) is 6.74. The number of rotatable bonds is 7. The predicted octanol–water partition coefficient (Wildman–Crippen LogP) is 4.09. The maximum atomic E-state index is 12.5. The topological polar surface area (TPSA) is 61.8 Å². The summed E-state index contributed by atoms with van der Waals surface area (Å²) < 4.78 is 27.7. The van der Waals surface area contributed by atoms with Gasteiger partial charge in [-0.3, -0.25) is 13.8 Å². The molecule has 0 radical (unpaired) electrons. The molecule has 0 aliphatic heterocycles. The summed E-state index contributed by atoms with van der Waals surface area (Å²) in [7, 11) is -3.96. The average Bonchev–Trinajstić information content (AvgIpc) is 2.53. The van der Waals surface area contributed by atoms with Gasteiger partial charge < -0.3 is 4.52 Å². The van der Waals surface area contributed by atoms with E-state index in [0.717, 1.165) is 18.1 Å². The lowest BCUT2D eigenvalue weighted by atomic mass is 10.2. The highest BCUT2D eigenvalue weighted by molar-refractivity contribution is 7.49. The van der Waals surface area contributed by atoms with Gasteiger partial charge in [0.05, 0.1) is 13.2 Å². The molecule has 0 aliphatic carbocycles. The van der Waals surface area contributed by atoms with Gasteiger partial charge in [0, 0.05) is 6.92 Å². The number of hydrogen-bond donors (Lipinski definition) is 0. The Kier molecular flexibility index (Phi) is 5.90. The summed E-state index contributed by atoms with van der Waals surface area (Å²) >= 11 is 0. The predicted molar refractivity (Wildman–Crippen MR) is 81.8 cm³/mol. The van der Waals surface area contributed by atoms with Crippen LogP contribution in [0.1, 0.15) is 18.1 Å². The highest BCUT2D eigenvalue weighted by Gasteiger charge is 2.30. The largest absolute Gasteiger partial charge is 0.532 e. The Morgan fingerprint density at radius 1 is 0.864 bits per heavy atom. The highest BCUT2D eigenvalue weighted by atomic mass is 31.2. The van der Waals surface area contributed by atoms with E-state index >= 15 is 0 Å². The molecule has 0 saturated heterocycles. The van der Waals surface area contributed by atoms with Crippen molar-refractivity contribution in [1.82, 2.24) is 0 Å². The van der Waals surface area contributed by atoms with Crippen molar-refractivity contribution in [3.8, 4) is 0 Å². The zero-order valence-electron chi connectivity index (χ0n) is 12.2. The second-order valence-corrected chi connectivity index (χ2v) is 6.14. The van der Waals surface area contributed by atoms with Gasteiger partial charge in [-0.25, -0.2) is 4.57 Å². The molecule has 0 atom stereocenters. The molecule has 0 N–H and O–H groups in total. The Balaban J connectivity index is 2.00. The molecule has 5 nitrogen and oxygen atoms in total. The van der Waals surface area contributed by atoms with Crippen LogP contribution in [0.4, 0.5) is 0 Å². The van der Waals surface area contributed by atoms with Crippen LogP contribution in [0.25, 0.3) is 0 Å². The number of carbonyl (C=O) groups is 1. The fraction of sp³-hybridized carbons (Fsp3) is 0.188. The van der Waals surface area contributed by atoms with Crippen molar-refractivity contribution >= 4 is 13.8 Å². The molecule has 0 amide bonds. The molecule has 2 rings (SSSR count). The van der Waals surface area contributed by atoms with Crippen LogP contribution in [-0.2, 0) is 36.1 Å². The zero-order chi connectivity index (χ0) is 15.8. The molecule has 0 fully saturated rings. The maximum absolute atomic E-state index is 12.5. The monoisotopic (exact) mass is 320 g/mol. The summed E-state index contributed by atoms with van der Waals surface area (Å²) in [5.41, 5.74) is 1.61. The summed E-state index contributed by atoms with van der Waals surface area (Å²) in [6.45, 7) is 1.21. The fourth-order valence-electron chi connectivity index (χ4n) is 1.70. The summed E-state index contributed by atoms with van der Waals surface area (Å²) in [6.07, 6.45) is 0. The first kappa shape index (κ1) is 16.4. The molecule has 22 heavy (non-hydrogen) atoms. The quantitative estimate of drug-likeness (QED) is 0.719. The molecule has 0 aromatic heterocycles. The van der Waals surface area contributed by atoms with Crippen molar-refractivity contribution in [2.24, 2.45) is 0 Å². The van der Waals surface area contributed by atoms with E-state index in [0.29, 0.717) is 0 Å². The second kappa shape index (κ2) is 7.90. The lowest BCUT2D eigenvalue weighted by Crippen LogP contribution is -2.04. The Morgan fingerprint density at radius 3 is 1.64 bits per heavy atom. The van der Waals surface area contributed by atoms with Crippen molar-refractivity contribution in [2.45, 2.75) is 20.1 Å². The summed E-state index contributed by atoms with van der Waals surface area (Å²) in [6, 6.07) is 18.3. The molecule has 116 valence electrons. The van der Waals surface area contributed by atoms with Gasteiger partial charge in [-0.1, -0.05) is 60.7 Å². The standard InChI is InChI=1S/C16H17O5P/c1-14(17)21-22(18,19-12-15-8-4-2-5-9-15)20-13-16-10-6-3-7-11-16/h2-11H,12-13H2,1H3. The van der Waals surface area contributed by atoms with Crippen molar-refractivity contribution in [3.05, 3.63) is 71.8 Å². The average molecular weight is 320 g/mol. The lowest BCUT2D eigenvalue weighted by Gasteiger charge is -2.16. The molecule has 6 heteroatoms. The van der Waals surface area contributed by atoms with E-state index in [2.05, 4.69) is 0 Å². The number of benzene rings is 2. The second-order valence-electron chi connectivity index (χ2n) is 4.55. The van der Waals surface area contributed by atoms with Crippen LogP contribution in [0, 0.1) is 0 Å². The summed E-state index contributed by atoms with van der Waals surface area (Å²) in [5.74, 6) is -0.718. The van der Waals surface area contributed by atoms with Gasteiger partial charge in [0.2, 0.25) is 0 Å². The van der Waals surface area contributed by atoms with Gasteiger partial charge in [0.1, 0.15) is 0 Å². The van der Waals surface area contributed by atoms with Crippen molar-refractivity contribution in [3.63, 3.8) is 0 Å². The molecule has 0 unspecified atom stereocenters. The Morgan fingerprint density at radius 2 is 1.27 bits per heavy atom. The lowest BCUT2D eigenvalue weighted by molar-refractivity contribution is -0.134. The maximum Gasteiger partial charge on any atom is 0.532 e. The van der Waals surface area contributed by atoms with Crippen LogP contribution in [0.15, 0.2) is 60.7 Å². The van der Waals surface area contributed by atoms with Gasteiger partial charge in [0.15, 0.2) is 0 Å². The molecular formula is C16H17O5P. The van der Waals surface area contributed by atoms with Crippen LogP contribution >= 0.6 is 7.82 Å². The summed E-state index contributed by atoms with van der Waals surface area (Å²) in [5, 5.41) is 0. The van der Waals surface area contributed by atoms with Crippen LogP contribution < -0.4 is 0 Å². The van der Waals surface area contributed by atoms with Crippen LogP contribution in [0.5, 0.6) is 0 Å². The van der Waals surface area contributed by atoms with Gasteiger partial charge in [-0.05, 0) is 11.1 Å². The molecule has 0 bridgehead atoms. The van der Waals surface area contributed by atoms with E-state index in [9.17, 15) is 9.36 Å². The van der Waals surface area contributed by atoms with Gasteiger partial charge in [-0.2, -0.15) is 0 Å². The number of phosphoric ester groups is 1. The minimum absolute atomic E-state index is 0.0280. The van der Waals surface area contributed by atoms with Gasteiger partial charge >= 0.3 is 13.8 Å². The fourth-order valence-corrected chi connectivity index (χ4v) is 2.81. The normalized spacial score (nSPS) is 11.1. The number of phosphoric acid groups is 1. The Bertz CT molecular complexity index is 595. The van der Waals surface area contributed by atoms with Crippen molar-refractivity contribution in [1.29, 1.82) is 0 Å². The van der Waals surface area contributed by atoms with E-state index in [1.165, 1.54) is 0 Å². The first-order chi connectivity index (χ1) is 10.6. The Labute approximate surface area is 129 Å². The van der Waals surface area contributed by atoms with Gasteiger partial charge in [0.25, 0.3) is 0 Å². The molecule has 0 heterocycles. The molecule has 0 saturated carbocycles. The SMILES string of the molecule is CC(=O)OP(=O)(OCc1ccccc1)OCc1ccccc1. The smallest absolute Gasteiger partial charge is 0.371 e. The van der Waals surface area contributed by atoms with Crippen LogP contribution in [0.2, 0.25) is 0 Å². The molecule has 0 aliphatic rings. The number of carbonyl (C=O) groups excluding carboxylic acids is 1. The summed E-state index contributed by atoms with van der Waals surface area (Å²) in [4.78, 5) is 11.1. The minimum Gasteiger partial charge on any atom is -0.371 e. The van der Waals surface area contributed by atoms with E-state index in [1.807, 2.05) is 60.7 Å². The zero-order valence-corrected chi connectivity index (χ0v) is 13.1. The third-order valence-electron chi connectivity index (χ3n) is 2.70. The first-order valence-corrected chi connectivity index (χ1v) is 8.20. The van der Waals surface area contributed by atoms with Crippen molar-refractivity contribution in [2.75, 3.05) is 0 Å². The van der Waals surface area contributed by atoms with Gasteiger partial charge in [-0.15, -0.1) is 0 Å². The third-order valence-corrected chi connectivity index (χ3v) is 4.08. The molecular weight excluding hydrogens is 303 g/mol. The van der Waals surface area contributed by atoms with E-state index in [-0.39, 0.29) is 13.2 Å². The minimum atomic E-state index is -3.96. The molecule has 2 aromatic carbocycles. The number of hydrogen-bond acceptors (Lipinski definition) is 5. The van der Waals surface area contributed by atoms with Crippen LogP contribution in [0.3, 0.4) is 0 Å². The van der Waals surface area contributed by atoms with Crippen LogP contribution in [-0.4, -0.2) is 5.97 Å². The molecule has 0 spiro atoms. The Hall–Kier alpha value is -1.94.